The van der Waals surface area contributed by atoms with Crippen molar-refractivity contribution in [3.63, 3.8) is 0 Å². The number of hydrogen-bond acceptors (Lipinski definition) is 4. The van der Waals surface area contributed by atoms with Crippen molar-refractivity contribution in [2.45, 2.75) is 32.9 Å². The number of ether oxygens (including phenoxy) is 2. The zero-order chi connectivity index (χ0) is 21.5. The Balaban J connectivity index is 1.78. The molecule has 1 amide bonds. The van der Waals surface area contributed by atoms with Crippen LogP contribution in [0.25, 0.3) is 6.08 Å². The number of carbonyl (C=O) groups excluding carboxylic acids is 1. The first-order chi connectivity index (χ1) is 14.5. The molecule has 5 nitrogen and oxygen atoms in total. The number of rotatable bonds is 8. The van der Waals surface area contributed by atoms with E-state index in [1.165, 1.54) is 0 Å². The van der Waals surface area contributed by atoms with Crippen molar-refractivity contribution in [3.05, 3.63) is 77.4 Å². The lowest BCUT2D eigenvalue weighted by atomic mass is 10.1. The van der Waals surface area contributed by atoms with Gasteiger partial charge < -0.3 is 14.4 Å². The average Bonchev–Trinajstić information content (AvgIpc) is 3.11. The van der Waals surface area contributed by atoms with E-state index in [1.54, 1.807) is 35.3 Å². The molecule has 1 heterocycles. The summed E-state index contributed by atoms with van der Waals surface area (Å²) < 4.78 is 11.6. The third-order valence-corrected chi connectivity index (χ3v) is 4.85. The summed E-state index contributed by atoms with van der Waals surface area (Å²) >= 11 is 0. The van der Waals surface area contributed by atoms with Gasteiger partial charge in [0.15, 0.2) is 0 Å². The highest BCUT2D eigenvalue weighted by Crippen LogP contribution is 2.35. The molecule has 0 N–H and O–H groups in total. The van der Waals surface area contributed by atoms with Gasteiger partial charge in [0, 0.05) is 36.7 Å². The van der Waals surface area contributed by atoms with Gasteiger partial charge in [-0.2, -0.15) is 5.26 Å². The van der Waals surface area contributed by atoms with Gasteiger partial charge in [0.1, 0.15) is 17.6 Å². The van der Waals surface area contributed by atoms with Crippen LogP contribution in [0.2, 0.25) is 0 Å². The van der Waals surface area contributed by atoms with Crippen LogP contribution in [0.5, 0.6) is 11.5 Å². The van der Waals surface area contributed by atoms with Crippen molar-refractivity contribution in [1.82, 2.24) is 4.90 Å². The van der Waals surface area contributed by atoms with Crippen molar-refractivity contribution < 1.29 is 14.3 Å². The van der Waals surface area contributed by atoms with E-state index in [1.807, 2.05) is 38.1 Å². The number of fused-ring (bicyclic) bond motifs is 1. The molecule has 1 unspecified atom stereocenters. The van der Waals surface area contributed by atoms with E-state index < -0.39 is 0 Å². The van der Waals surface area contributed by atoms with Crippen molar-refractivity contribution in [2.75, 3.05) is 13.2 Å². The quantitative estimate of drug-likeness (QED) is 0.481. The summed E-state index contributed by atoms with van der Waals surface area (Å²) in [5.74, 6) is 1.47. The van der Waals surface area contributed by atoms with Crippen LogP contribution in [0, 0.1) is 11.3 Å². The first kappa shape index (κ1) is 21.2. The summed E-state index contributed by atoms with van der Waals surface area (Å²) in [6.45, 7) is 9.14. The highest BCUT2D eigenvalue weighted by Gasteiger charge is 2.21. The SMILES string of the molecule is C=CCN(Cc1ccc(C#N)cc1)C(=O)/C=C/c1cc2c(cc1OCC)CC(C)O2. The third-order valence-electron chi connectivity index (χ3n) is 4.85. The third kappa shape index (κ3) is 5.09. The summed E-state index contributed by atoms with van der Waals surface area (Å²) in [6, 6.07) is 13.3. The Labute approximate surface area is 177 Å². The maximum atomic E-state index is 12.9. The maximum absolute atomic E-state index is 12.9. The molecule has 2 aromatic carbocycles. The minimum absolute atomic E-state index is 0.128. The number of nitrogens with zero attached hydrogens (tertiary/aromatic N) is 2. The molecule has 0 radical (unpaired) electrons. The molecular formula is C25H26N2O3. The van der Waals surface area contributed by atoms with E-state index in [9.17, 15) is 4.79 Å². The highest BCUT2D eigenvalue weighted by molar-refractivity contribution is 5.92. The first-order valence-electron chi connectivity index (χ1n) is 10.1. The molecule has 0 spiro atoms. The molecule has 0 bridgehead atoms. The van der Waals surface area contributed by atoms with Crippen LogP contribution >= 0.6 is 0 Å². The van der Waals surface area contributed by atoms with Crippen molar-refractivity contribution in [1.29, 1.82) is 5.26 Å². The molecule has 2 aromatic rings. The lowest BCUT2D eigenvalue weighted by Gasteiger charge is -2.19. The molecule has 0 saturated carbocycles. The van der Waals surface area contributed by atoms with Gasteiger partial charge in [0.2, 0.25) is 5.91 Å². The number of benzene rings is 2. The molecule has 0 aliphatic carbocycles. The Morgan fingerprint density at radius 3 is 2.80 bits per heavy atom. The molecule has 0 saturated heterocycles. The first-order valence-corrected chi connectivity index (χ1v) is 10.1. The van der Waals surface area contributed by atoms with E-state index in [2.05, 4.69) is 12.6 Å². The van der Waals surface area contributed by atoms with Gasteiger partial charge in [0.25, 0.3) is 0 Å². The Hall–Kier alpha value is -3.52. The lowest BCUT2D eigenvalue weighted by Crippen LogP contribution is -2.29. The van der Waals surface area contributed by atoms with Crippen LogP contribution in [0.15, 0.2) is 55.1 Å². The zero-order valence-corrected chi connectivity index (χ0v) is 17.4. The van der Waals surface area contributed by atoms with Gasteiger partial charge >= 0.3 is 0 Å². The molecule has 5 heteroatoms. The fourth-order valence-corrected chi connectivity index (χ4v) is 3.43. The average molecular weight is 402 g/mol. The minimum atomic E-state index is -0.128. The van der Waals surface area contributed by atoms with Crippen molar-refractivity contribution >= 4 is 12.0 Å². The maximum Gasteiger partial charge on any atom is 0.247 e. The summed E-state index contributed by atoms with van der Waals surface area (Å²) in [5, 5.41) is 8.94. The van der Waals surface area contributed by atoms with E-state index in [0.29, 0.717) is 25.3 Å². The van der Waals surface area contributed by atoms with Crippen LogP contribution in [-0.2, 0) is 17.8 Å². The fraction of sp³-hybridized carbons (Fsp3) is 0.280. The summed E-state index contributed by atoms with van der Waals surface area (Å²) in [7, 11) is 0. The van der Waals surface area contributed by atoms with E-state index in [4.69, 9.17) is 14.7 Å². The van der Waals surface area contributed by atoms with E-state index in [0.717, 1.165) is 34.6 Å². The Kier molecular flexibility index (Phi) is 6.92. The second-order valence-corrected chi connectivity index (χ2v) is 7.21. The summed E-state index contributed by atoms with van der Waals surface area (Å²) in [5.41, 5.74) is 3.49. The monoisotopic (exact) mass is 402 g/mol. The van der Waals surface area contributed by atoms with Crippen LogP contribution in [0.3, 0.4) is 0 Å². The Bertz CT molecular complexity index is 987. The largest absolute Gasteiger partial charge is 0.493 e. The molecular weight excluding hydrogens is 376 g/mol. The lowest BCUT2D eigenvalue weighted by molar-refractivity contribution is -0.126. The zero-order valence-electron chi connectivity index (χ0n) is 17.4. The van der Waals surface area contributed by atoms with Gasteiger partial charge in [0.05, 0.1) is 18.2 Å². The van der Waals surface area contributed by atoms with Crippen LogP contribution in [0.4, 0.5) is 0 Å². The second kappa shape index (κ2) is 9.80. The predicted molar refractivity (Wildman–Crippen MR) is 117 cm³/mol. The fourth-order valence-electron chi connectivity index (χ4n) is 3.43. The van der Waals surface area contributed by atoms with Crippen LogP contribution in [0.1, 0.15) is 36.1 Å². The van der Waals surface area contributed by atoms with Crippen molar-refractivity contribution in [3.8, 4) is 17.6 Å². The van der Waals surface area contributed by atoms with Gasteiger partial charge in [-0.1, -0.05) is 18.2 Å². The smallest absolute Gasteiger partial charge is 0.247 e. The summed E-state index contributed by atoms with van der Waals surface area (Å²) in [4.78, 5) is 14.5. The highest BCUT2D eigenvalue weighted by atomic mass is 16.5. The normalized spacial score (nSPS) is 14.6. The summed E-state index contributed by atoms with van der Waals surface area (Å²) in [6.07, 6.45) is 6.03. The Morgan fingerprint density at radius 1 is 1.37 bits per heavy atom. The van der Waals surface area contributed by atoms with Gasteiger partial charge in [-0.05, 0) is 49.8 Å². The van der Waals surface area contributed by atoms with Crippen LogP contribution in [-0.4, -0.2) is 30.1 Å². The topological polar surface area (TPSA) is 62.6 Å². The molecule has 154 valence electrons. The molecule has 30 heavy (non-hydrogen) atoms. The standard InChI is InChI=1S/C25H26N2O3/c1-4-12-27(17-20-8-6-19(16-26)7-9-20)25(28)11-10-21-14-24-22(13-18(3)30-24)15-23(21)29-5-2/h4,6-11,14-15,18H,1,5,12-13,17H2,2-3H3/b11-10+. The van der Waals surface area contributed by atoms with Crippen LogP contribution < -0.4 is 9.47 Å². The minimum Gasteiger partial charge on any atom is -0.493 e. The van der Waals surface area contributed by atoms with Gasteiger partial charge in [-0.3, -0.25) is 4.79 Å². The number of nitriles is 1. The molecule has 0 aromatic heterocycles. The van der Waals surface area contributed by atoms with Crippen molar-refractivity contribution in [2.24, 2.45) is 0 Å². The number of carbonyl (C=O) groups is 1. The van der Waals surface area contributed by atoms with Gasteiger partial charge in [-0.15, -0.1) is 6.58 Å². The van der Waals surface area contributed by atoms with E-state index >= 15 is 0 Å². The molecule has 1 aliphatic rings. The molecule has 1 aliphatic heterocycles. The molecule has 1 atom stereocenters. The number of amides is 1. The second-order valence-electron chi connectivity index (χ2n) is 7.21. The van der Waals surface area contributed by atoms with Gasteiger partial charge in [-0.25, -0.2) is 0 Å². The van der Waals surface area contributed by atoms with E-state index in [-0.39, 0.29) is 12.0 Å². The number of hydrogen-bond donors (Lipinski definition) is 0. The Morgan fingerprint density at radius 2 is 2.13 bits per heavy atom. The molecule has 0 fully saturated rings. The predicted octanol–water partition coefficient (Wildman–Crippen LogP) is 4.51. The molecule has 3 rings (SSSR count).